The van der Waals surface area contributed by atoms with E-state index in [1.807, 2.05) is 0 Å². The Morgan fingerprint density at radius 3 is 0.642 bits per heavy atom. The summed E-state index contributed by atoms with van der Waals surface area (Å²) < 4.78 is 16.9. The largest absolute Gasteiger partial charge is 0.462 e. The molecule has 0 fully saturated rings. The first-order valence-electron chi connectivity index (χ1n) is 30.1. The van der Waals surface area contributed by atoms with E-state index in [0.717, 1.165) is 75.5 Å². The molecule has 0 amide bonds. The molecule has 0 N–H and O–H groups in total. The smallest absolute Gasteiger partial charge is 0.306 e. The molecular weight excluding hydrogens is 829 g/mol. The number of rotatable bonds is 54. The SMILES string of the molecule is CC(C)CCCCCCCCCCCCCCCCCCCCC(=O)OC[C@@H](COC(=O)CCCCCCCCCCCC(C)C)OC(=O)CCCCCCCCCCCCCCCC(C)C. The van der Waals surface area contributed by atoms with E-state index >= 15 is 0 Å². The normalized spacial score (nSPS) is 12.1. The van der Waals surface area contributed by atoms with Gasteiger partial charge in [0.1, 0.15) is 13.2 Å². The lowest BCUT2D eigenvalue weighted by molar-refractivity contribution is -0.167. The van der Waals surface area contributed by atoms with Gasteiger partial charge in [-0.2, -0.15) is 0 Å². The van der Waals surface area contributed by atoms with Crippen LogP contribution < -0.4 is 0 Å². The topological polar surface area (TPSA) is 78.9 Å². The number of hydrogen-bond acceptors (Lipinski definition) is 6. The summed E-state index contributed by atoms with van der Waals surface area (Å²) in [5, 5.41) is 0. The molecule has 0 aromatic carbocycles. The van der Waals surface area contributed by atoms with Gasteiger partial charge in [-0.3, -0.25) is 14.4 Å². The lowest BCUT2D eigenvalue weighted by atomic mass is 10.0. The van der Waals surface area contributed by atoms with Crippen molar-refractivity contribution in [3.63, 3.8) is 0 Å². The Morgan fingerprint density at radius 2 is 0.433 bits per heavy atom. The second kappa shape index (κ2) is 52.2. The minimum atomic E-state index is -0.764. The van der Waals surface area contributed by atoms with E-state index in [2.05, 4.69) is 41.5 Å². The van der Waals surface area contributed by atoms with Gasteiger partial charge in [-0.05, 0) is 37.0 Å². The quantitative estimate of drug-likeness (QED) is 0.0343. The molecule has 0 aliphatic carbocycles. The van der Waals surface area contributed by atoms with Gasteiger partial charge in [0.2, 0.25) is 0 Å². The van der Waals surface area contributed by atoms with Gasteiger partial charge in [-0.25, -0.2) is 0 Å². The number of ether oxygens (including phenoxy) is 3. The maximum atomic E-state index is 12.9. The number of esters is 3. The van der Waals surface area contributed by atoms with Crippen molar-refractivity contribution in [1.29, 1.82) is 0 Å². The van der Waals surface area contributed by atoms with E-state index in [1.165, 1.54) is 218 Å². The van der Waals surface area contributed by atoms with Crippen LogP contribution in [0.15, 0.2) is 0 Å². The predicted molar refractivity (Wildman–Crippen MR) is 289 cm³/mol. The standard InChI is InChI=1S/C61H118O6/c1-55(2)47-41-35-29-23-18-14-11-9-7-8-10-12-16-20-26-32-38-44-50-59(62)65-53-58(54-66-60(63)51-45-39-33-28-22-25-31-37-43-49-57(5)6)67-61(64)52-46-40-34-27-21-17-13-15-19-24-30-36-42-48-56(3)4/h55-58H,7-54H2,1-6H3/t58-/m0/s1. The Hall–Kier alpha value is -1.59. The maximum absolute atomic E-state index is 12.9. The molecule has 0 unspecified atom stereocenters. The molecule has 6 heteroatoms. The van der Waals surface area contributed by atoms with Crippen LogP contribution in [-0.4, -0.2) is 37.2 Å². The molecule has 0 heterocycles. The van der Waals surface area contributed by atoms with Crippen LogP contribution >= 0.6 is 0 Å². The number of carbonyl (C=O) groups excluding carboxylic acids is 3. The van der Waals surface area contributed by atoms with Crippen molar-refractivity contribution in [3.05, 3.63) is 0 Å². The third-order valence-electron chi connectivity index (χ3n) is 13.9. The Morgan fingerprint density at radius 1 is 0.254 bits per heavy atom. The molecule has 0 saturated heterocycles. The van der Waals surface area contributed by atoms with E-state index in [1.54, 1.807) is 0 Å². The zero-order valence-corrected chi connectivity index (χ0v) is 46.2. The zero-order valence-electron chi connectivity index (χ0n) is 46.2. The number of unbranched alkanes of at least 4 members (excludes halogenated alkanes) is 37. The number of hydrogen-bond donors (Lipinski definition) is 0. The molecule has 6 nitrogen and oxygen atoms in total. The molecule has 0 saturated carbocycles. The van der Waals surface area contributed by atoms with Crippen molar-refractivity contribution in [3.8, 4) is 0 Å². The molecule has 0 aromatic heterocycles. The monoisotopic (exact) mass is 947 g/mol. The lowest BCUT2D eigenvalue weighted by Gasteiger charge is -2.18. The molecule has 1 atom stereocenters. The second-order valence-electron chi connectivity index (χ2n) is 22.4. The highest BCUT2D eigenvalue weighted by Gasteiger charge is 2.19. The minimum absolute atomic E-state index is 0.0634. The van der Waals surface area contributed by atoms with Gasteiger partial charge in [0, 0.05) is 19.3 Å². The van der Waals surface area contributed by atoms with Crippen LogP contribution in [0.5, 0.6) is 0 Å². The zero-order chi connectivity index (χ0) is 49.1. The van der Waals surface area contributed by atoms with Crippen LogP contribution in [0.2, 0.25) is 0 Å². The summed E-state index contributed by atoms with van der Waals surface area (Å²) in [6.45, 7) is 13.8. The lowest BCUT2D eigenvalue weighted by Crippen LogP contribution is -2.30. The summed E-state index contributed by atoms with van der Waals surface area (Å²) in [6.07, 6.45) is 55.3. The Labute approximate surface area is 418 Å². The van der Waals surface area contributed by atoms with Crippen molar-refractivity contribution < 1.29 is 28.6 Å². The van der Waals surface area contributed by atoms with Crippen molar-refractivity contribution in [2.24, 2.45) is 17.8 Å². The van der Waals surface area contributed by atoms with Crippen molar-refractivity contribution in [2.75, 3.05) is 13.2 Å². The highest BCUT2D eigenvalue weighted by molar-refractivity contribution is 5.71. The summed E-state index contributed by atoms with van der Waals surface area (Å²) in [7, 11) is 0. The molecule has 0 spiro atoms. The minimum Gasteiger partial charge on any atom is -0.462 e. The van der Waals surface area contributed by atoms with Crippen LogP contribution in [0.4, 0.5) is 0 Å². The fraction of sp³-hybridized carbons (Fsp3) is 0.951. The molecule has 0 aliphatic rings. The van der Waals surface area contributed by atoms with E-state index in [0.29, 0.717) is 19.3 Å². The van der Waals surface area contributed by atoms with Crippen LogP contribution in [0.1, 0.15) is 337 Å². The van der Waals surface area contributed by atoms with Crippen LogP contribution in [0.25, 0.3) is 0 Å². The van der Waals surface area contributed by atoms with E-state index in [-0.39, 0.29) is 31.1 Å². The van der Waals surface area contributed by atoms with Gasteiger partial charge < -0.3 is 14.2 Å². The molecule has 0 radical (unpaired) electrons. The fourth-order valence-electron chi connectivity index (χ4n) is 9.35. The van der Waals surface area contributed by atoms with Gasteiger partial charge in [0.05, 0.1) is 0 Å². The first-order chi connectivity index (χ1) is 32.6. The molecule has 67 heavy (non-hydrogen) atoms. The van der Waals surface area contributed by atoms with Gasteiger partial charge in [-0.1, -0.05) is 298 Å². The Kier molecular flexibility index (Phi) is 51.0. The molecule has 0 aromatic rings. The maximum Gasteiger partial charge on any atom is 0.306 e. The van der Waals surface area contributed by atoms with Gasteiger partial charge in [0.25, 0.3) is 0 Å². The molecule has 0 rings (SSSR count). The summed E-state index contributed by atoms with van der Waals surface area (Å²) in [5.74, 6) is 1.66. The van der Waals surface area contributed by atoms with E-state index in [4.69, 9.17) is 14.2 Å². The number of carbonyl (C=O) groups is 3. The van der Waals surface area contributed by atoms with Crippen molar-refractivity contribution >= 4 is 17.9 Å². The highest BCUT2D eigenvalue weighted by atomic mass is 16.6. The predicted octanol–water partition coefficient (Wildman–Crippen LogP) is 19.9. The first-order valence-corrected chi connectivity index (χ1v) is 30.1. The van der Waals surface area contributed by atoms with Crippen LogP contribution in [0.3, 0.4) is 0 Å². The van der Waals surface area contributed by atoms with E-state index in [9.17, 15) is 14.4 Å². The van der Waals surface area contributed by atoms with Crippen LogP contribution in [-0.2, 0) is 28.6 Å². The molecular formula is C61H118O6. The summed E-state index contributed by atoms with van der Waals surface area (Å²) in [4.78, 5) is 38.2. The van der Waals surface area contributed by atoms with Gasteiger partial charge in [-0.15, -0.1) is 0 Å². The Bertz CT molecular complexity index is 1040. The van der Waals surface area contributed by atoms with Crippen molar-refractivity contribution in [1.82, 2.24) is 0 Å². The van der Waals surface area contributed by atoms with Gasteiger partial charge >= 0.3 is 17.9 Å². The van der Waals surface area contributed by atoms with E-state index < -0.39 is 6.10 Å². The highest BCUT2D eigenvalue weighted by Crippen LogP contribution is 2.19. The summed E-state index contributed by atoms with van der Waals surface area (Å²) in [5.41, 5.74) is 0. The molecule has 0 bridgehead atoms. The summed E-state index contributed by atoms with van der Waals surface area (Å²) in [6, 6.07) is 0. The van der Waals surface area contributed by atoms with Crippen LogP contribution in [0, 0.1) is 17.8 Å². The molecule has 0 aliphatic heterocycles. The molecule has 398 valence electrons. The third kappa shape index (κ3) is 55.2. The first kappa shape index (κ1) is 65.4. The second-order valence-corrected chi connectivity index (χ2v) is 22.4. The van der Waals surface area contributed by atoms with Gasteiger partial charge in [0.15, 0.2) is 6.10 Å². The average molecular weight is 948 g/mol. The fourth-order valence-corrected chi connectivity index (χ4v) is 9.35. The summed E-state index contributed by atoms with van der Waals surface area (Å²) >= 11 is 0. The Balaban J connectivity index is 4.24. The van der Waals surface area contributed by atoms with Crippen molar-refractivity contribution in [2.45, 2.75) is 343 Å². The average Bonchev–Trinajstić information content (AvgIpc) is 3.29. The third-order valence-corrected chi connectivity index (χ3v) is 13.9.